The van der Waals surface area contributed by atoms with Crippen LogP contribution in [0.4, 0.5) is 11.4 Å². The highest BCUT2D eigenvalue weighted by Gasteiger charge is 2.18. The molecule has 2 N–H and O–H groups in total. The number of nitro benzene ring substituents is 1. The fourth-order valence-electron chi connectivity index (χ4n) is 1.43. The fourth-order valence-corrected chi connectivity index (χ4v) is 1.60. The number of nitrogens with one attached hydrogen (secondary N) is 2. The van der Waals surface area contributed by atoms with E-state index < -0.39 is 4.92 Å². The first-order valence-corrected chi connectivity index (χ1v) is 5.39. The first-order chi connectivity index (χ1) is 8.58. The molecular formula is C9H9ClN6O2. The molecular weight excluding hydrogens is 260 g/mol. The summed E-state index contributed by atoms with van der Waals surface area (Å²) >= 11 is 5.73. The normalized spacial score (nSPS) is 12.1. The Balaban J connectivity index is 2.26. The fraction of sp³-hybridized carbons (Fsp3) is 0.222. The number of halogens is 1. The van der Waals surface area contributed by atoms with E-state index in [4.69, 9.17) is 11.6 Å². The summed E-state index contributed by atoms with van der Waals surface area (Å²) in [5.41, 5.74) is 0.250. The van der Waals surface area contributed by atoms with Crippen molar-refractivity contribution in [3.8, 4) is 0 Å². The van der Waals surface area contributed by atoms with Gasteiger partial charge in [-0.25, -0.2) is 0 Å². The second-order valence-electron chi connectivity index (χ2n) is 3.55. The first kappa shape index (κ1) is 12.2. The van der Waals surface area contributed by atoms with Crippen molar-refractivity contribution in [3.63, 3.8) is 0 Å². The van der Waals surface area contributed by atoms with Gasteiger partial charge in [-0.1, -0.05) is 16.8 Å². The third-order valence-electron chi connectivity index (χ3n) is 2.28. The van der Waals surface area contributed by atoms with Gasteiger partial charge in [0.25, 0.3) is 5.69 Å². The Bertz CT molecular complexity index is 558. The SMILES string of the molecule is CC(Nc1ccc(Cl)cc1[N+](=O)[O-])c1nn[nH]n1. The molecule has 18 heavy (non-hydrogen) atoms. The van der Waals surface area contributed by atoms with Crippen LogP contribution in [0.25, 0.3) is 0 Å². The molecule has 0 aliphatic heterocycles. The van der Waals surface area contributed by atoms with E-state index in [9.17, 15) is 10.1 Å². The van der Waals surface area contributed by atoms with Crippen LogP contribution in [-0.4, -0.2) is 25.5 Å². The highest BCUT2D eigenvalue weighted by atomic mass is 35.5. The van der Waals surface area contributed by atoms with Gasteiger partial charge in [-0.15, -0.1) is 10.2 Å². The summed E-state index contributed by atoms with van der Waals surface area (Å²) in [5.74, 6) is 0.416. The van der Waals surface area contributed by atoms with Gasteiger partial charge >= 0.3 is 0 Å². The maximum Gasteiger partial charge on any atom is 0.293 e. The maximum atomic E-state index is 10.9. The number of anilines is 1. The monoisotopic (exact) mass is 268 g/mol. The maximum absolute atomic E-state index is 10.9. The largest absolute Gasteiger partial charge is 0.370 e. The van der Waals surface area contributed by atoms with Crippen molar-refractivity contribution in [1.82, 2.24) is 20.6 Å². The quantitative estimate of drug-likeness (QED) is 0.648. The van der Waals surface area contributed by atoms with E-state index in [-0.39, 0.29) is 11.7 Å². The van der Waals surface area contributed by atoms with E-state index in [0.29, 0.717) is 16.5 Å². The van der Waals surface area contributed by atoms with Crippen LogP contribution in [0.15, 0.2) is 18.2 Å². The lowest BCUT2D eigenvalue weighted by Crippen LogP contribution is -2.10. The minimum atomic E-state index is -0.503. The first-order valence-electron chi connectivity index (χ1n) is 5.01. The second kappa shape index (κ2) is 4.96. The Morgan fingerprint density at radius 1 is 1.56 bits per heavy atom. The molecule has 1 aromatic heterocycles. The van der Waals surface area contributed by atoms with Crippen LogP contribution in [0.3, 0.4) is 0 Å². The molecule has 0 spiro atoms. The number of benzene rings is 1. The highest BCUT2D eigenvalue weighted by molar-refractivity contribution is 6.30. The van der Waals surface area contributed by atoms with E-state index in [2.05, 4.69) is 25.9 Å². The Hall–Kier alpha value is -2.22. The van der Waals surface area contributed by atoms with Gasteiger partial charge in [-0.3, -0.25) is 10.1 Å². The van der Waals surface area contributed by atoms with Gasteiger partial charge in [0.15, 0.2) is 5.82 Å². The van der Waals surface area contributed by atoms with Crippen molar-refractivity contribution in [2.24, 2.45) is 0 Å². The van der Waals surface area contributed by atoms with Crippen LogP contribution in [-0.2, 0) is 0 Å². The van der Waals surface area contributed by atoms with Crippen molar-refractivity contribution in [2.45, 2.75) is 13.0 Å². The van der Waals surface area contributed by atoms with Crippen molar-refractivity contribution >= 4 is 23.0 Å². The zero-order valence-electron chi connectivity index (χ0n) is 9.29. The van der Waals surface area contributed by atoms with Gasteiger partial charge < -0.3 is 5.32 Å². The van der Waals surface area contributed by atoms with Crippen LogP contribution in [0.2, 0.25) is 5.02 Å². The van der Waals surface area contributed by atoms with Crippen LogP contribution in [0.1, 0.15) is 18.8 Å². The molecule has 94 valence electrons. The average molecular weight is 269 g/mol. The van der Waals surface area contributed by atoms with Gasteiger partial charge in [-0.2, -0.15) is 5.21 Å². The molecule has 1 aromatic carbocycles. The number of nitro groups is 1. The van der Waals surface area contributed by atoms with Gasteiger partial charge in [0.1, 0.15) is 5.69 Å². The number of nitrogens with zero attached hydrogens (tertiary/aromatic N) is 4. The second-order valence-corrected chi connectivity index (χ2v) is 3.99. The van der Waals surface area contributed by atoms with Crippen molar-refractivity contribution < 1.29 is 4.92 Å². The zero-order chi connectivity index (χ0) is 13.1. The summed E-state index contributed by atoms with van der Waals surface area (Å²) in [6.07, 6.45) is 0. The number of aromatic nitrogens is 4. The van der Waals surface area contributed by atoms with Crippen molar-refractivity contribution in [1.29, 1.82) is 0 Å². The Labute approximate surface area is 106 Å². The number of rotatable bonds is 4. The van der Waals surface area contributed by atoms with E-state index in [1.54, 1.807) is 13.0 Å². The van der Waals surface area contributed by atoms with Crippen LogP contribution in [0, 0.1) is 10.1 Å². The number of aromatic amines is 1. The predicted molar refractivity (Wildman–Crippen MR) is 64.3 cm³/mol. The zero-order valence-corrected chi connectivity index (χ0v) is 10.0. The molecule has 0 saturated carbocycles. The average Bonchev–Trinajstić information content (AvgIpc) is 2.84. The predicted octanol–water partition coefficient (Wildman–Crippen LogP) is 1.93. The Kier molecular flexibility index (Phi) is 3.38. The number of H-pyrrole nitrogens is 1. The molecule has 9 heteroatoms. The number of tetrazole rings is 1. The van der Waals surface area contributed by atoms with E-state index in [1.807, 2.05) is 0 Å². The molecule has 0 bridgehead atoms. The molecule has 1 unspecified atom stereocenters. The van der Waals surface area contributed by atoms with E-state index in [1.165, 1.54) is 12.1 Å². The Morgan fingerprint density at radius 2 is 2.33 bits per heavy atom. The minimum Gasteiger partial charge on any atom is -0.370 e. The van der Waals surface area contributed by atoms with Crippen LogP contribution >= 0.6 is 11.6 Å². The molecule has 0 radical (unpaired) electrons. The van der Waals surface area contributed by atoms with Gasteiger partial charge in [0.05, 0.1) is 11.0 Å². The van der Waals surface area contributed by atoms with Crippen LogP contribution < -0.4 is 5.32 Å². The molecule has 0 saturated heterocycles. The lowest BCUT2D eigenvalue weighted by Gasteiger charge is -2.11. The summed E-state index contributed by atoms with van der Waals surface area (Å²) in [6.45, 7) is 1.77. The van der Waals surface area contributed by atoms with Crippen LogP contribution in [0.5, 0.6) is 0 Å². The lowest BCUT2D eigenvalue weighted by molar-refractivity contribution is -0.384. The molecule has 0 aliphatic rings. The minimum absolute atomic E-state index is 0.0992. The molecule has 1 heterocycles. The van der Waals surface area contributed by atoms with Crippen molar-refractivity contribution in [2.75, 3.05) is 5.32 Å². The van der Waals surface area contributed by atoms with Crippen molar-refractivity contribution in [3.05, 3.63) is 39.2 Å². The smallest absolute Gasteiger partial charge is 0.293 e. The standard InChI is InChI=1S/C9H9ClN6O2/c1-5(9-12-14-15-13-9)11-7-3-2-6(10)4-8(7)16(17)18/h2-5,11H,1H3,(H,12,13,14,15). The molecule has 1 atom stereocenters. The van der Waals surface area contributed by atoms with Gasteiger partial charge in [0.2, 0.25) is 0 Å². The molecule has 0 amide bonds. The number of hydrogen-bond acceptors (Lipinski definition) is 6. The molecule has 0 aliphatic carbocycles. The van der Waals surface area contributed by atoms with E-state index >= 15 is 0 Å². The third-order valence-corrected chi connectivity index (χ3v) is 2.51. The summed E-state index contributed by atoms with van der Waals surface area (Å²) < 4.78 is 0. The van der Waals surface area contributed by atoms with E-state index in [0.717, 1.165) is 0 Å². The highest BCUT2D eigenvalue weighted by Crippen LogP contribution is 2.29. The molecule has 8 nitrogen and oxygen atoms in total. The summed E-state index contributed by atoms with van der Waals surface area (Å²) in [5, 5.41) is 27.5. The molecule has 2 aromatic rings. The molecule has 0 fully saturated rings. The summed E-state index contributed by atoms with van der Waals surface area (Å²) in [4.78, 5) is 10.4. The molecule has 2 rings (SSSR count). The number of hydrogen-bond donors (Lipinski definition) is 2. The topological polar surface area (TPSA) is 110 Å². The third kappa shape index (κ3) is 2.54. The lowest BCUT2D eigenvalue weighted by atomic mass is 10.2. The summed E-state index contributed by atoms with van der Waals surface area (Å²) in [6, 6.07) is 4.08. The Morgan fingerprint density at radius 3 is 2.94 bits per heavy atom. The summed E-state index contributed by atoms with van der Waals surface area (Å²) in [7, 11) is 0. The van der Waals surface area contributed by atoms with Gasteiger partial charge in [-0.05, 0) is 19.1 Å². The van der Waals surface area contributed by atoms with Gasteiger partial charge in [0, 0.05) is 11.1 Å².